The van der Waals surface area contributed by atoms with Crippen molar-refractivity contribution < 1.29 is 9.90 Å². The number of para-hydroxylation sites is 1. The molecule has 3 heterocycles. The summed E-state index contributed by atoms with van der Waals surface area (Å²) in [6.45, 7) is 1.84. The molecule has 4 rings (SSSR count). The first-order valence-corrected chi connectivity index (χ1v) is 8.91. The number of fused-ring (bicyclic) bond motifs is 6. The van der Waals surface area contributed by atoms with Gasteiger partial charge in [-0.05, 0) is 44.4 Å². The van der Waals surface area contributed by atoms with Gasteiger partial charge in [0.1, 0.15) is 5.78 Å². The van der Waals surface area contributed by atoms with Gasteiger partial charge in [0.2, 0.25) is 0 Å². The Morgan fingerprint density at radius 3 is 2.75 bits per heavy atom. The second-order valence-corrected chi connectivity index (χ2v) is 7.64. The Morgan fingerprint density at radius 2 is 2.04 bits per heavy atom. The Balaban J connectivity index is 1.85. The van der Waals surface area contributed by atoms with Crippen molar-refractivity contribution in [3.8, 4) is 0 Å². The number of nitrogens with zero attached hydrogens (tertiary/aromatic N) is 2. The van der Waals surface area contributed by atoms with E-state index in [-0.39, 0.29) is 24.2 Å². The van der Waals surface area contributed by atoms with E-state index in [1.165, 1.54) is 22.2 Å². The zero-order valence-corrected chi connectivity index (χ0v) is 14.7. The molecule has 1 fully saturated rings. The van der Waals surface area contributed by atoms with Crippen molar-refractivity contribution in [2.45, 2.75) is 38.3 Å². The highest BCUT2D eigenvalue weighted by Crippen LogP contribution is 2.49. The van der Waals surface area contributed by atoms with Crippen LogP contribution in [0.4, 0.5) is 0 Å². The summed E-state index contributed by atoms with van der Waals surface area (Å²) in [5.41, 5.74) is 4.13. The van der Waals surface area contributed by atoms with Gasteiger partial charge in [0.15, 0.2) is 0 Å². The third-order valence-corrected chi connectivity index (χ3v) is 6.39. The van der Waals surface area contributed by atoms with Gasteiger partial charge in [-0.25, -0.2) is 0 Å². The monoisotopic (exact) mass is 326 g/mol. The maximum atomic E-state index is 11.7. The van der Waals surface area contributed by atoms with E-state index in [1.807, 2.05) is 0 Å². The molecule has 2 aliphatic heterocycles. The average Bonchev–Trinajstić information content (AvgIpc) is 2.82. The molecule has 128 valence electrons. The first-order chi connectivity index (χ1) is 11.5. The summed E-state index contributed by atoms with van der Waals surface area (Å²) >= 11 is 0. The van der Waals surface area contributed by atoms with Gasteiger partial charge in [-0.2, -0.15) is 0 Å². The molecule has 0 amide bonds. The second-order valence-electron chi connectivity index (χ2n) is 7.64. The van der Waals surface area contributed by atoms with Crippen molar-refractivity contribution in [2.24, 2.45) is 18.9 Å². The summed E-state index contributed by atoms with van der Waals surface area (Å²) in [6, 6.07) is 9.27. The molecule has 4 heteroatoms. The summed E-state index contributed by atoms with van der Waals surface area (Å²) in [5, 5.41) is 11.4. The number of aromatic nitrogens is 1. The number of Topliss-reactive ketones (excluding diaryl/α,β-unsaturated/α-hetero) is 1. The maximum absolute atomic E-state index is 11.7. The minimum absolute atomic E-state index is 0.166. The van der Waals surface area contributed by atoms with E-state index in [2.05, 4.69) is 47.8 Å². The number of rotatable bonds is 3. The van der Waals surface area contributed by atoms with Crippen LogP contribution in [0.15, 0.2) is 24.3 Å². The number of hydrogen-bond acceptors (Lipinski definition) is 3. The molecule has 2 bridgehead atoms. The molecule has 1 N–H and O–H groups in total. The van der Waals surface area contributed by atoms with Crippen molar-refractivity contribution in [2.75, 3.05) is 13.7 Å². The number of aliphatic hydroxyl groups excluding tert-OH is 1. The number of piperidine rings is 1. The molecule has 2 aliphatic rings. The van der Waals surface area contributed by atoms with Crippen LogP contribution in [0, 0.1) is 11.8 Å². The maximum Gasteiger partial charge on any atom is 0.130 e. The van der Waals surface area contributed by atoms with Gasteiger partial charge >= 0.3 is 0 Å². The SMILES string of the molecule is CC(=O)C[C@@H]1C[C@@H]2c3c(c4ccccc4n3C)C[C@H]([C@@H]1CO)N2C. The minimum atomic E-state index is 0.166. The van der Waals surface area contributed by atoms with Crippen LogP contribution >= 0.6 is 0 Å². The van der Waals surface area contributed by atoms with E-state index in [4.69, 9.17) is 0 Å². The molecule has 0 spiro atoms. The zero-order valence-electron chi connectivity index (χ0n) is 14.7. The average molecular weight is 326 g/mol. The lowest BCUT2D eigenvalue weighted by Gasteiger charge is -2.51. The van der Waals surface area contributed by atoms with Crippen molar-refractivity contribution >= 4 is 16.7 Å². The number of ketones is 1. The lowest BCUT2D eigenvalue weighted by Crippen LogP contribution is -2.54. The Bertz CT molecular complexity index is 794. The molecular formula is C20H26N2O2. The molecule has 2 aromatic rings. The zero-order chi connectivity index (χ0) is 17.0. The number of carbonyl (C=O) groups excluding carboxylic acids is 1. The van der Waals surface area contributed by atoms with Crippen LogP contribution in [-0.4, -0.2) is 40.1 Å². The summed E-state index contributed by atoms with van der Waals surface area (Å²) in [6.07, 6.45) is 2.50. The van der Waals surface area contributed by atoms with Crippen LogP contribution < -0.4 is 0 Å². The molecule has 0 saturated carbocycles. The van der Waals surface area contributed by atoms with Gasteiger partial charge in [-0.1, -0.05) is 18.2 Å². The number of aryl methyl sites for hydroxylation is 1. The highest BCUT2D eigenvalue weighted by atomic mass is 16.3. The highest BCUT2D eigenvalue weighted by molar-refractivity contribution is 5.86. The van der Waals surface area contributed by atoms with Crippen LogP contribution in [-0.2, 0) is 18.3 Å². The topological polar surface area (TPSA) is 45.5 Å². The Kier molecular flexibility index (Phi) is 3.77. The summed E-state index contributed by atoms with van der Waals surface area (Å²) < 4.78 is 2.34. The molecule has 1 saturated heterocycles. The van der Waals surface area contributed by atoms with Gasteiger partial charge in [0, 0.05) is 48.6 Å². The van der Waals surface area contributed by atoms with Crippen LogP contribution in [0.1, 0.15) is 37.1 Å². The minimum Gasteiger partial charge on any atom is -0.396 e. The lowest BCUT2D eigenvalue weighted by molar-refractivity contribution is -0.120. The summed E-state index contributed by atoms with van der Waals surface area (Å²) in [5.74, 6) is 0.700. The van der Waals surface area contributed by atoms with Crippen LogP contribution in [0.25, 0.3) is 10.9 Å². The number of carbonyl (C=O) groups is 1. The van der Waals surface area contributed by atoms with E-state index in [0.717, 1.165) is 12.8 Å². The molecule has 0 unspecified atom stereocenters. The predicted molar refractivity (Wildman–Crippen MR) is 94.9 cm³/mol. The molecule has 24 heavy (non-hydrogen) atoms. The quantitative estimate of drug-likeness (QED) is 0.943. The van der Waals surface area contributed by atoms with Crippen molar-refractivity contribution in [1.82, 2.24) is 9.47 Å². The van der Waals surface area contributed by atoms with E-state index < -0.39 is 0 Å². The Morgan fingerprint density at radius 1 is 1.29 bits per heavy atom. The molecule has 1 aromatic heterocycles. The third kappa shape index (κ3) is 2.16. The largest absolute Gasteiger partial charge is 0.396 e. The number of likely N-dealkylation sites (N-methyl/N-ethyl adjacent to an activating group) is 1. The number of aliphatic hydroxyl groups is 1. The van der Waals surface area contributed by atoms with E-state index in [1.54, 1.807) is 6.92 Å². The van der Waals surface area contributed by atoms with E-state index in [0.29, 0.717) is 18.5 Å². The molecular weight excluding hydrogens is 300 g/mol. The normalized spacial score (nSPS) is 29.7. The fourth-order valence-electron chi connectivity index (χ4n) is 5.29. The highest BCUT2D eigenvalue weighted by Gasteiger charge is 2.46. The van der Waals surface area contributed by atoms with E-state index >= 15 is 0 Å². The Labute approximate surface area is 143 Å². The molecule has 4 atom stereocenters. The number of hydrogen-bond donors (Lipinski definition) is 1. The van der Waals surface area contributed by atoms with Gasteiger partial charge in [0.05, 0.1) is 6.04 Å². The fraction of sp³-hybridized carbons (Fsp3) is 0.550. The first kappa shape index (κ1) is 15.9. The van der Waals surface area contributed by atoms with Crippen molar-refractivity contribution in [3.05, 3.63) is 35.5 Å². The molecule has 4 nitrogen and oxygen atoms in total. The van der Waals surface area contributed by atoms with Gasteiger partial charge in [0.25, 0.3) is 0 Å². The van der Waals surface area contributed by atoms with Crippen molar-refractivity contribution in [1.29, 1.82) is 0 Å². The first-order valence-electron chi connectivity index (χ1n) is 8.91. The van der Waals surface area contributed by atoms with Crippen LogP contribution in [0.5, 0.6) is 0 Å². The fourth-order valence-corrected chi connectivity index (χ4v) is 5.29. The lowest BCUT2D eigenvalue weighted by atomic mass is 9.69. The molecule has 0 aliphatic carbocycles. The standard InChI is InChI=1S/C20H26N2O2/c1-12(24)8-13-9-19-20-15(10-18(21(19)2)16(13)11-23)14-6-4-5-7-17(14)22(20)3/h4-7,13,16,18-19,23H,8-11H2,1-3H3/t13-,16-,18-,19-/m1/s1. The second kappa shape index (κ2) is 5.71. The van der Waals surface area contributed by atoms with Crippen molar-refractivity contribution in [3.63, 3.8) is 0 Å². The predicted octanol–water partition coefficient (Wildman–Crippen LogP) is 2.68. The molecule has 1 aromatic carbocycles. The van der Waals surface area contributed by atoms with Gasteiger partial charge < -0.3 is 14.5 Å². The van der Waals surface area contributed by atoms with Crippen LogP contribution in [0.3, 0.4) is 0 Å². The Hall–Kier alpha value is -1.65. The summed E-state index contributed by atoms with van der Waals surface area (Å²) in [7, 11) is 4.34. The molecule has 0 radical (unpaired) electrons. The van der Waals surface area contributed by atoms with Gasteiger partial charge in [-0.15, -0.1) is 0 Å². The number of benzene rings is 1. The smallest absolute Gasteiger partial charge is 0.130 e. The van der Waals surface area contributed by atoms with E-state index in [9.17, 15) is 9.90 Å². The summed E-state index contributed by atoms with van der Waals surface area (Å²) in [4.78, 5) is 14.2. The third-order valence-electron chi connectivity index (χ3n) is 6.39. The van der Waals surface area contributed by atoms with Crippen LogP contribution in [0.2, 0.25) is 0 Å². The van der Waals surface area contributed by atoms with Gasteiger partial charge in [-0.3, -0.25) is 4.90 Å².